The predicted octanol–water partition coefficient (Wildman–Crippen LogP) is -0.384. The lowest BCUT2D eigenvalue weighted by Gasteiger charge is -2.26. The molecule has 8 nitrogen and oxygen atoms in total. The van der Waals surface area contributed by atoms with Crippen molar-refractivity contribution in [3.63, 3.8) is 0 Å². The Bertz CT molecular complexity index is 847. The lowest BCUT2D eigenvalue weighted by Crippen LogP contribution is -2.49. The molecule has 6 N–H and O–H groups in total. The number of aliphatic hydroxyl groups excluding tert-OH is 4. The highest BCUT2D eigenvalue weighted by atomic mass is 16.4. The fraction of sp³-hybridized carbons (Fsp3) is 0.333. The minimum atomic E-state index is -1.70. The van der Waals surface area contributed by atoms with Crippen molar-refractivity contribution in [1.82, 2.24) is 4.98 Å². The first kappa shape index (κ1) is 19.8. The first-order valence-corrected chi connectivity index (χ1v) is 8.08. The summed E-state index contributed by atoms with van der Waals surface area (Å²) in [5, 5.41) is 41.5. The highest BCUT2D eigenvalue weighted by molar-refractivity contribution is 5.84. The lowest BCUT2D eigenvalue weighted by molar-refractivity contribution is -0.117. The van der Waals surface area contributed by atoms with Gasteiger partial charge >= 0.3 is 0 Å². The maximum Gasteiger partial charge on any atom is 0.255 e. The Morgan fingerprint density at radius 3 is 2.54 bits per heavy atom. The molecule has 4 atom stereocenters. The summed E-state index contributed by atoms with van der Waals surface area (Å²) in [5.74, 6) is 0. The molecule has 0 saturated carbocycles. The van der Waals surface area contributed by atoms with Gasteiger partial charge in [-0.1, -0.05) is 18.2 Å². The van der Waals surface area contributed by atoms with Crippen molar-refractivity contribution < 1.29 is 25.2 Å². The Balaban J connectivity index is 2.27. The molecule has 0 aliphatic heterocycles. The number of aldehydes is 1. The van der Waals surface area contributed by atoms with Crippen molar-refractivity contribution >= 4 is 29.0 Å². The van der Waals surface area contributed by atoms with Crippen LogP contribution in [0.5, 0.6) is 0 Å². The van der Waals surface area contributed by atoms with E-state index in [1.165, 1.54) is 0 Å². The number of anilines is 1. The van der Waals surface area contributed by atoms with E-state index in [-0.39, 0.29) is 5.56 Å². The van der Waals surface area contributed by atoms with Crippen LogP contribution in [-0.4, -0.2) is 62.7 Å². The first-order valence-electron chi connectivity index (χ1n) is 8.08. The number of fused-ring (bicyclic) bond motifs is 1. The number of aliphatic hydroxyl groups is 4. The smallest absolute Gasteiger partial charge is 0.255 e. The number of carbonyl (C=O) groups excluding carboxylic acids is 1. The van der Waals surface area contributed by atoms with Crippen LogP contribution < -0.4 is 10.9 Å². The molecule has 140 valence electrons. The van der Waals surface area contributed by atoms with Gasteiger partial charge in [0.2, 0.25) is 0 Å². The highest BCUT2D eigenvalue weighted by Gasteiger charge is 2.31. The molecular formula is C18H22N2O6. The second-order valence-electron chi connectivity index (χ2n) is 5.89. The summed E-state index contributed by atoms with van der Waals surface area (Å²) in [5.41, 5.74) is 1.21. The van der Waals surface area contributed by atoms with Crippen molar-refractivity contribution in [1.29, 1.82) is 0 Å². The number of hydrogen-bond acceptors (Lipinski definition) is 7. The van der Waals surface area contributed by atoms with Crippen molar-refractivity contribution in [2.24, 2.45) is 0 Å². The summed E-state index contributed by atoms with van der Waals surface area (Å²) in [6, 6.07) is 5.48. The SMILES string of the molecule is CC=Cc1cc2ccc(N[C@@H](C=O)[C@@H](O)[C@H](O)[C@H](O)CO)cc2[nH]c1=O. The molecule has 2 aromatic rings. The standard InChI is InChI=1S/C18H22N2O6/c1-2-3-11-6-10-4-5-12(7-13(10)20-18(11)26)19-14(8-21)16(24)17(25)15(23)9-22/h2-8,14-17,19,22-25H,9H2,1H3,(H,20,26)/t14-,15+,16+,17+/m0/s1. The van der Waals surface area contributed by atoms with E-state index in [9.17, 15) is 24.9 Å². The molecule has 0 aliphatic rings. The zero-order valence-electron chi connectivity index (χ0n) is 14.2. The molecule has 1 aromatic heterocycles. The van der Waals surface area contributed by atoms with Gasteiger partial charge in [-0.25, -0.2) is 0 Å². The average Bonchev–Trinajstić information content (AvgIpc) is 2.65. The van der Waals surface area contributed by atoms with Crippen LogP contribution in [0, 0.1) is 0 Å². The van der Waals surface area contributed by atoms with Crippen LogP contribution in [0.25, 0.3) is 17.0 Å². The van der Waals surface area contributed by atoms with Gasteiger partial charge in [0.05, 0.1) is 12.1 Å². The van der Waals surface area contributed by atoms with Crippen LogP contribution in [0.4, 0.5) is 5.69 Å². The second-order valence-corrected chi connectivity index (χ2v) is 5.89. The maximum absolute atomic E-state index is 12.0. The highest BCUT2D eigenvalue weighted by Crippen LogP contribution is 2.19. The Labute approximate surface area is 149 Å². The molecule has 1 heterocycles. The zero-order valence-corrected chi connectivity index (χ0v) is 14.2. The van der Waals surface area contributed by atoms with Crippen molar-refractivity contribution in [2.75, 3.05) is 11.9 Å². The van der Waals surface area contributed by atoms with Crippen LogP contribution in [0.15, 0.2) is 35.1 Å². The fourth-order valence-electron chi connectivity index (χ4n) is 2.55. The maximum atomic E-state index is 12.0. The molecule has 0 amide bonds. The summed E-state index contributed by atoms with van der Waals surface area (Å²) in [6.45, 7) is 1.05. The zero-order chi connectivity index (χ0) is 19.3. The van der Waals surface area contributed by atoms with E-state index in [1.54, 1.807) is 36.4 Å². The van der Waals surface area contributed by atoms with Gasteiger partial charge < -0.3 is 35.5 Å². The van der Waals surface area contributed by atoms with Crippen LogP contribution in [0.2, 0.25) is 0 Å². The number of aromatic amines is 1. The summed E-state index contributed by atoms with van der Waals surface area (Å²) < 4.78 is 0. The molecule has 2 rings (SSSR count). The third-order valence-electron chi connectivity index (χ3n) is 4.00. The van der Waals surface area contributed by atoms with Gasteiger partial charge in [0.1, 0.15) is 30.6 Å². The summed E-state index contributed by atoms with van der Waals surface area (Å²) in [6.07, 6.45) is -1.08. The average molecular weight is 362 g/mol. The minimum Gasteiger partial charge on any atom is -0.394 e. The Hall–Kier alpha value is -2.52. The second kappa shape index (κ2) is 8.72. The first-order chi connectivity index (χ1) is 12.4. The van der Waals surface area contributed by atoms with E-state index in [4.69, 9.17) is 5.11 Å². The third kappa shape index (κ3) is 4.36. The molecule has 0 aliphatic carbocycles. The Morgan fingerprint density at radius 1 is 1.19 bits per heavy atom. The minimum absolute atomic E-state index is 0.263. The van der Waals surface area contributed by atoms with E-state index in [1.807, 2.05) is 6.92 Å². The summed E-state index contributed by atoms with van der Waals surface area (Å²) >= 11 is 0. The van der Waals surface area contributed by atoms with Crippen molar-refractivity contribution in [3.8, 4) is 0 Å². The van der Waals surface area contributed by atoms with E-state index in [2.05, 4.69) is 10.3 Å². The molecule has 0 spiro atoms. The quantitative estimate of drug-likeness (QED) is 0.351. The van der Waals surface area contributed by atoms with Gasteiger partial charge in [0.25, 0.3) is 5.56 Å². The molecule has 8 heteroatoms. The third-order valence-corrected chi connectivity index (χ3v) is 4.00. The van der Waals surface area contributed by atoms with Gasteiger partial charge in [-0.05, 0) is 30.5 Å². The van der Waals surface area contributed by atoms with Crippen LogP contribution >= 0.6 is 0 Å². The number of nitrogens with one attached hydrogen (secondary N) is 2. The van der Waals surface area contributed by atoms with Crippen LogP contribution in [0.3, 0.4) is 0 Å². The Morgan fingerprint density at radius 2 is 1.92 bits per heavy atom. The summed E-state index contributed by atoms with van der Waals surface area (Å²) in [7, 11) is 0. The molecule has 0 saturated heterocycles. The molecule has 0 bridgehead atoms. The molecule has 0 fully saturated rings. The number of H-pyrrole nitrogens is 1. The van der Waals surface area contributed by atoms with Gasteiger partial charge in [0.15, 0.2) is 0 Å². The molecule has 0 unspecified atom stereocenters. The van der Waals surface area contributed by atoms with Crippen molar-refractivity contribution in [2.45, 2.75) is 31.3 Å². The number of aromatic nitrogens is 1. The number of carbonyl (C=O) groups is 1. The van der Waals surface area contributed by atoms with Gasteiger partial charge in [-0.2, -0.15) is 0 Å². The molecule has 0 radical (unpaired) electrons. The molecular weight excluding hydrogens is 340 g/mol. The van der Waals surface area contributed by atoms with E-state index in [0.717, 1.165) is 5.39 Å². The van der Waals surface area contributed by atoms with Gasteiger partial charge in [0, 0.05) is 11.3 Å². The monoisotopic (exact) mass is 362 g/mol. The number of pyridine rings is 1. The van der Waals surface area contributed by atoms with E-state index >= 15 is 0 Å². The number of rotatable bonds is 8. The number of allylic oxidation sites excluding steroid dienone is 1. The number of hydrogen-bond donors (Lipinski definition) is 6. The largest absolute Gasteiger partial charge is 0.394 e. The number of benzene rings is 1. The predicted molar refractivity (Wildman–Crippen MR) is 97.9 cm³/mol. The molecule has 26 heavy (non-hydrogen) atoms. The topological polar surface area (TPSA) is 143 Å². The van der Waals surface area contributed by atoms with E-state index in [0.29, 0.717) is 23.1 Å². The van der Waals surface area contributed by atoms with Crippen LogP contribution in [0.1, 0.15) is 12.5 Å². The van der Waals surface area contributed by atoms with Gasteiger partial charge in [-0.15, -0.1) is 0 Å². The Kier molecular flexibility index (Phi) is 6.64. The normalized spacial score (nSPS) is 16.3. The van der Waals surface area contributed by atoms with Crippen LogP contribution in [-0.2, 0) is 4.79 Å². The molecule has 1 aromatic carbocycles. The van der Waals surface area contributed by atoms with Crippen molar-refractivity contribution in [3.05, 3.63) is 46.3 Å². The van der Waals surface area contributed by atoms with Gasteiger partial charge in [-0.3, -0.25) is 4.79 Å². The fourth-order valence-corrected chi connectivity index (χ4v) is 2.55. The van der Waals surface area contributed by atoms with E-state index < -0.39 is 31.0 Å². The summed E-state index contributed by atoms with van der Waals surface area (Å²) in [4.78, 5) is 26.0. The lowest BCUT2D eigenvalue weighted by atomic mass is 10.0.